The van der Waals surface area contributed by atoms with E-state index in [2.05, 4.69) is 15.1 Å². The van der Waals surface area contributed by atoms with Crippen LogP contribution in [0.25, 0.3) is 5.95 Å². The molecule has 0 saturated carbocycles. The molecule has 90 valence electrons. The van der Waals surface area contributed by atoms with E-state index in [1.807, 2.05) is 0 Å². The monoisotopic (exact) mass is 246 g/mol. The van der Waals surface area contributed by atoms with Crippen LogP contribution >= 0.6 is 0 Å². The summed E-state index contributed by atoms with van der Waals surface area (Å²) in [5, 5.41) is 30.5. The van der Waals surface area contributed by atoms with Crippen LogP contribution < -0.4 is 5.73 Å². The predicted molar refractivity (Wildman–Crippen MR) is 56.9 cm³/mol. The zero-order valence-electron chi connectivity index (χ0n) is 8.77. The van der Waals surface area contributed by atoms with Gasteiger partial charge in [-0.15, -0.1) is 0 Å². The third-order valence-corrected chi connectivity index (χ3v) is 2.04. The molecule has 0 atom stereocenters. The average Bonchev–Trinajstić information content (AvgIpc) is 2.70. The molecule has 2 aromatic rings. The Morgan fingerprint density at radius 1 is 1.50 bits per heavy atom. The maximum Gasteiger partial charge on any atom is 0.341 e. The number of nitrogens with zero attached hydrogens (tertiary/aromatic N) is 5. The van der Waals surface area contributed by atoms with E-state index in [0.29, 0.717) is 0 Å². The molecular weight excluding hydrogens is 240 g/mol. The van der Waals surface area contributed by atoms with Gasteiger partial charge in [0, 0.05) is 6.07 Å². The first-order valence-corrected chi connectivity index (χ1v) is 4.58. The SMILES string of the molecule is N#Cc1cc(O)nc(-n2ncc(C(=O)O)c2N)n1. The van der Waals surface area contributed by atoms with Crippen LogP contribution in [0.3, 0.4) is 0 Å². The van der Waals surface area contributed by atoms with Crippen molar-refractivity contribution in [3.05, 3.63) is 23.5 Å². The van der Waals surface area contributed by atoms with Gasteiger partial charge in [0.05, 0.1) is 6.20 Å². The fourth-order valence-corrected chi connectivity index (χ4v) is 1.26. The number of carboxylic acid groups (broad SMARTS) is 1. The van der Waals surface area contributed by atoms with E-state index in [1.165, 1.54) is 0 Å². The largest absolute Gasteiger partial charge is 0.493 e. The minimum Gasteiger partial charge on any atom is -0.493 e. The number of rotatable bonds is 2. The summed E-state index contributed by atoms with van der Waals surface area (Å²) in [6, 6.07) is 2.77. The highest BCUT2D eigenvalue weighted by molar-refractivity contribution is 5.92. The maximum atomic E-state index is 10.8. The Morgan fingerprint density at radius 3 is 2.78 bits per heavy atom. The van der Waals surface area contributed by atoms with Gasteiger partial charge in [-0.05, 0) is 0 Å². The lowest BCUT2D eigenvalue weighted by atomic mass is 10.3. The summed E-state index contributed by atoms with van der Waals surface area (Å²) in [4.78, 5) is 18.1. The molecule has 2 aromatic heterocycles. The lowest BCUT2D eigenvalue weighted by Gasteiger charge is -2.03. The lowest BCUT2D eigenvalue weighted by molar-refractivity contribution is 0.0698. The van der Waals surface area contributed by atoms with Gasteiger partial charge in [0.2, 0.25) is 5.88 Å². The zero-order valence-corrected chi connectivity index (χ0v) is 8.77. The van der Waals surface area contributed by atoms with Crippen LogP contribution in [0.2, 0.25) is 0 Å². The number of anilines is 1. The van der Waals surface area contributed by atoms with E-state index >= 15 is 0 Å². The normalized spacial score (nSPS) is 9.94. The van der Waals surface area contributed by atoms with Gasteiger partial charge in [0.15, 0.2) is 0 Å². The molecule has 0 aliphatic carbocycles. The molecule has 0 amide bonds. The first-order valence-electron chi connectivity index (χ1n) is 4.58. The minimum atomic E-state index is -1.25. The Labute approximate surface area is 99.7 Å². The summed E-state index contributed by atoms with van der Waals surface area (Å²) in [5.41, 5.74) is 5.24. The molecule has 0 aromatic carbocycles. The lowest BCUT2D eigenvalue weighted by Crippen LogP contribution is -2.09. The molecule has 18 heavy (non-hydrogen) atoms. The fourth-order valence-electron chi connectivity index (χ4n) is 1.26. The second kappa shape index (κ2) is 4.02. The molecule has 9 nitrogen and oxygen atoms in total. The van der Waals surface area contributed by atoms with Crippen LogP contribution in [0.1, 0.15) is 16.1 Å². The summed E-state index contributed by atoms with van der Waals surface area (Å²) >= 11 is 0. The van der Waals surface area contributed by atoms with Gasteiger partial charge in [0.25, 0.3) is 5.95 Å². The van der Waals surface area contributed by atoms with Crippen molar-refractivity contribution in [3.8, 4) is 17.9 Å². The van der Waals surface area contributed by atoms with E-state index in [-0.39, 0.29) is 23.0 Å². The van der Waals surface area contributed by atoms with E-state index in [1.54, 1.807) is 6.07 Å². The van der Waals surface area contributed by atoms with Crippen LogP contribution in [-0.4, -0.2) is 35.9 Å². The van der Waals surface area contributed by atoms with Gasteiger partial charge in [-0.1, -0.05) is 0 Å². The van der Waals surface area contributed by atoms with Crippen LogP contribution in [-0.2, 0) is 0 Å². The molecule has 0 unspecified atom stereocenters. The van der Waals surface area contributed by atoms with Gasteiger partial charge >= 0.3 is 5.97 Å². The molecule has 0 fully saturated rings. The van der Waals surface area contributed by atoms with Crippen LogP contribution in [0, 0.1) is 11.3 Å². The van der Waals surface area contributed by atoms with Crippen molar-refractivity contribution in [1.82, 2.24) is 19.7 Å². The Balaban J connectivity index is 2.59. The molecule has 0 spiro atoms. The smallest absolute Gasteiger partial charge is 0.341 e. The molecule has 0 aliphatic rings. The van der Waals surface area contributed by atoms with E-state index in [9.17, 15) is 9.90 Å². The number of aromatic carboxylic acids is 1. The Morgan fingerprint density at radius 2 is 2.22 bits per heavy atom. The summed E-state index contributed by atoms with van der Waals surface area (Å²) in [5.74, 6) is -2.07. The molecule has 0 radical (unpaired) electrons. The number of carboxylic acids is 1. The summed E-state index contributed by atoms with van der Waals surface area (Å²) in [7, 11) is 0. The third kappa shape index (κ3) is 1.78. The number of nitrogens with two attached hydrogens (primary N) is 1. The number of aromatic hydroxyl groups is 1. The highest BCUT2D eigenvalue weighted by Crippen LogP contribution is 2.16. The number of hydrogen-bond acceptors (Lipinski definition) is 7. The first kappa shape index (κ1) is 11.3. The Bertz CT molecular complexity index is 671. The van der Waals surface area contributed by atoms with E-state index < -0.39 is 11.8 Å². The molecule has 2 rings (SSSR count). The highest BCUT2D eigenvalue weighted by atomic mass is 16.4. The summed E-state index contributed by atoms with van der Waals surface area (Å²) in [6.45, 7) is 0. The predicted octanol–water partition coefficient (Wildman–Crippen LogP) is -0.480. The highest BCUT2D eigenvalue weighted by Gasteiger charge is 2.17. The van der Waals surface area contributed by atoms with Gasteiger partial charge < -0.3 is 15.9 Å². The summed E-state index contributed by atoms with van der Waals surface area (Å²) in [6.07, 6.45) is 1.02. The topological polar surface area (TPSA) is 151 Å². The quantitative estimate of drug-likeness (QED) is 0.642. The number of nitriles is 1. The second-order valence-corrected chi connectivity index (χ2v) is 3.18. The Hall–Kier alpha value is -3.15. The van der Waals surface area contributed by atoms with Gasteiger partial charge in [-0.25, -0.2) is 4.79 Å². The van der Waals surface area contributed by atoms with Crippen molar-refractivity contribution in [3.63, 3.8) is 0 Å². The second-order valence-electron chi connectivity index (χ2n) is 3.18. The van der Waals surface area contributed by atoms with Gasteiger partial charge in [-0.3, -0.25) is 0 Å². The average molecular weight is 246 g/mol. The summed E-state index contributed by atoms with van der Waals surface area (Å²) < 4.78 is 0.921. The van der Waals surface area contributed by atoms with Crippen molar-refractivity contribution in [2.75, 3.05) is 5.73 Å². The standard InChI is InChI=1S/C9H6N6O3/c10-2-4-1-6(16)14-9(13-4)15-7(11)5(3-12-15)8(17)18/h1,3H,11H2,(H,17,18)(H,13,14,16). The molecule has 9 heteroatoms. The van der Waals surface area contributed by atoms with Crippen molar-refractivity contribution in [2.24, 2.45) is 0 Å². The van der Waals surface area contributed by atoms with Crippen LogP contribution in [0.15, 0.2) is 12.3 Å². The zero-order chi connectivity index (χ0) is 13.3. The van der Waals surface area contributed by atoms with Crippen LogP contribution in [0.5, 0.6) is 5.88 Å². The molecule has 2 heterocycles. The Kier molecular flexibility index (Phi) is 2.53. The number of aromatic nitrogens is 4. The molecule has 0 aliphatic heterocycles. The third-order valence-electron chi connectivity index (χ3n) is 2.04. The minimum absolute atomic E-state index is 0.0933. The first-order chi connectivity index (χ1) is 8.52. The van der Waals surface area contributed by atoms with Crippen LogP contribution in [0.4, 0.5) is 5.82 Å². The molecular formula is C9H6N6O3. The van der Waals surface area contributed by atoms with Gasteiger partial charge in [-0.2, -0.15) is 25.0 Å². The molecule has 4 N–H and O–H groups in total. The number of carbonyl (C=O) groups is 1. The van der Waals surface area contributed by atoms with Crippen molar-refractivity contribution >= 4 is 11.8 Å². The maximum absolute atomic E-state index is 10.8. The number of hydrogen-bond donors (Lipinski definition) is 3. The fraction of sp³-hybridized carbons (Fsp3) is 0. The molecule has 0 saturated heterocycles. The van der Waals surface area contributed by atoms with Gasteiger partial charge in [0.1, 0.15) is 23.1 Å². The number of nitrogen functional groups attached to an aromatic ring is 1. The van der Waals surface area contributed by atoms with E-state index in [4.69, 9.17) is 16.1 Å². The molecule has 0 bridgehead atoms. The van der Waals surface area contributed by atoms with Crippen molar-refractivity contribution in [2.45, 2.75) is 0 Å². The van der Waals surface area contributed by atoms with Crippen molar-refractivity contribution in [1.29, 1.82) is 5.26 Å². The van der Waals surface area contributed by atoms with Crippen molar-refractivity contribution < 1.29 is 15.0 Å². The van der Waals surface area contributed by atoms with E-state index in [0.717, 1.165) is 16.9 Å².